The summed E-state index contributed by atoms with van der Waals surface area (Å²) in [6.07, 6.45) is 0.616. The summed E-state index contributed by atoms with van der Waals surface area (Å²) >= 11 is 2.70. The highest BCUT2D eigenvalue weighted by atomic mass is 32.1. The van der Waals surface area contributed by atoms with Crippen LogP contribution in [0.25, 0.3) is 16.2 Å². The van der Waals surface area contributed by atoms with Crippen molar-refractivity contribution in [2.45, 2.75) is 18.9 Å². The molecule has 0 radical (unpaired) electrons. The first-order valence-corrected chi connectivity index (χ1v) is 13.5. The predicted molar refractivity (Wildman–Crippen MR) is 143 cm³/mol. The molecule has 4 aromatic rings. The van der Waals surface area contributed by atoms with Crippen molar-refractivity contribution < 1.29 is 18.7 Å². The number of nitrogens with zero attached hydrogens (tertiary/aromatic N) is 7. The van der Waals surface area contributed by atoms with E-state index in [0.717, 1.165) is 16.6 Å². The molecule has 0 spiro atoms. The quantitative estimate of drug-likeness (QED) is 0.345. The summed E-state index contributed by atoms with van der Waals surface area (Å²) in [5, 5.41) is 18.4. The number of methoxy groups -OCH3 is 1. The van der Waals surface area contributed by atoms with Crippen LogP contribution in [0.3, 0.4) is 0 Å². The monoisotopic (exact) mass is 556 g/mol. The van der Waals surface area contributed by atoms with Crippen molar-refractivity contribution >= 4 is 49.8 Å². The Balaban J connectivity index is 1.48. The molecule has 38 heavy (non-hydrogen) atoms. The fourth-order valence-electron chi connectivity index (χ4n) is 4.23. The summed E-state index contributed by atoms with van der Waals surface area (Å²) in [7, 11) is 5.03. The Bertz CT molecular complexity index is 1490. The summed E-state index contributed by atoms with van der Waals surface area (Å²) in [6, 6.07) is 8.13. The van der Waals surface area contributed by atoms with Gasteiger partial charge in [-0.3, -0.25) is 0 Å². The number of hydrogen-bond acceptors (Lipinski definition) is 11. The standard InChI is InChI=1S/C24H25FN8O3S2/c1-27-24(34)36-16-8-10-32(13-16)23-30-33-20(17(9-11-35-3)28-22(33)38-23)31(2)21-29-19(18(12-26)37-21)14-4-6-15(25)7-5-14/h4-7,16H,8-11,13H2,1-3H3,(H,27,34)/t16-/m1/s1. The van der Waals surface area contributed by atoms with Crippen LogP contribution >= 0.6 is 22.7 Å². The van der Waals surface area contributed by atoms with Gasteiger partial charge in [0.15, 0.2) is 10.9 Å². The molecule has 3 aromatic heterocycles. The Kier molecular flexibility index (Phi) is 7.41. The number of hydrogen-bond donors (Lipinski definition) is 1. The number of benzene rings is 1. The van der Waals surface area contributed by atoms with E-state index in [-0.39, 0.29) is 11.9 Å². The maximum absolute atomic E-state index is 13.5. The fraction of sp³-hybridized carbons (Fsp3) is 0.375. The molecule has 1 amide bonds. The minimum atomic E-state index is -0.447. The largest absolute Gasteiger partial charge is 0.444 e. The molecule has 198 valence electrons. The fourth-order valence-corrected chi connectivity index (χ4v) is 6.03. The number of imidazole rings is 1. The summed E-state index contributed by atoms with van der Waals surface area (Å²) in [6.45, 7) is 1.73. The first-order chi connectivity index (χ1) is 18.4. The maximum Gasteiger partial charge on any atom is 0.407 e. The third-order valence-electron chi connectivity index (χ3n) is 6.11. The smallest absolute Gasteiger partial charge is 0.407 e. The van der Waals surface area contributed by atoms with Crippen molar-refractivity contribution in [3.63, 3.8) is 0 Å². The Morgan fingerprint density at radius 1 is 1.32 bits per heavy atom. The second-order valence-corrected chi connectivity index (χ2v) is 10.5. The number of amides is 1. The highest BCUT2D eigenvalue weighted by molar-refractivity contribution is 7.20. The molecule has 1 N–H and O–H groups in total. The van der Waals surface area contributed by atoms with Crippen molar-refractivity contribution in [3.8, 4) is 17.3 Å². The average molecular weight is 557 g/mol. The molecule has 11 nitrogen and oxygen atoms in total. The molecule has 1 fully saturated rings. The van der Waals surface area contributed by atoms with Crippen molar-refractivity contribution in [2.75, 3.05) is 50.7 Å². The molecular formula is C24H25FN8O3S2. The number of nitriles is 1. The van der Waals surface area contributed by atoms with E-state index in [4.69, 9.17) is 24.5 Å². The van der Waals surface area contributed by atoms with Crippen molar-refractivity contribution in [2.24, 2.45) is 0 Å². The van der Waals surface area contributed by atoms with Crippen molar-refractivity contribution in [1.29, 1.82) is 5.26 Å². The number of aromatic nitrogens is 4. The van der Waals surface area contributed by atoms with E-state index in [1.807, 2.05) is 11.9 Å². The van der Waals surface area contributed by atoms with Crippen LogP contribution in [0.1, 0.15) is 17.0 Å². The molecule has 0 aliphatic carbocycles. The number of nitrogens with one attached hydrogen (secondary N) is 1. The molecule has 0 unspecified atom stereocenters. The Morgan fingerprint density at radius 3 is 2.82 bits per heavy atom. The number of carbonyl (C=O) groups is 1. The molecular weight excluding hydrogens is 531 g/mol. The highest BCUT2D eigenvalue weighted by Crippen LogP contribution is 2.38. The number of halogens is 1. The van der Waals surface area contributed by atoms with Crippen LogP contribution in [0.2, 0.25) is 0 Å². The first-order valence-electron chi connectivity index (χ1n) is 11.8. The maximum atomic E-state index is 13.5. The normalized spacial score (nSPS) is 15.1. The van der Waals surface area contributed by atoms with Gasteiger partial charge in [-0.15, -0.1) is 5.10 Å². The zero-order valence-corrected chi connectivity index (χ0v) is 22.6. The first kappa shape index (κ1) is 25.8. The van der Waals surface area contributed by atoms with Crippen LogP contribution in [0.4, 0.5) is 25.3 Å². The van der Waals surface area contributed by atoms with E-state index in [1.165, 1.54) is 41.9 Å². The van der Waals surface area contributed by atoms with Gasteiger partial charge in [-0.1, -0.05) is 22.7 Å². The highest BCUT2D eigenvalue weighted by Gasteiger charge is 2.30. The second-order valence-electron chi connectivity index (χ2n) is 8.57. The van der Waals surface area contributed by atoms with Gasteiger partial charge in [0.1, 0.15) is 28.6 Å². The summed E-state index contributed by atoms with van der Waals surface area (Å²) < 4.78 is 25.9. The number of thiazole rings is 1. The molecule has 0 saturated carbocycles. The van der Waals surface area contributed by atoms with Gasteiger partial charge in [-0.2, -0.15) is 9.78 Å². The van der Waals surface area contributed by atoms with Crippen LogP contribution < -0.4 is 15.1 Å². The molecule has 4 heterocycles. The van der Waals surface area contributed by atoms with E-state index in [2.05, 4.69) is 16.3 Å². The topological polar surface area (TPSA) is 121 Å². The van der Waals surface area contributed by atoms with Gasteiger partial charge < -0.3 is 24.6 Å². The lowest BCUT2D eigenvalue weighted by Gasteiger charge is -2.17. The van der Waals surface area contributed by atoms with Gasteiger partial charge in [0.25, 0.3) is 0 Å². The van der Waals surface area contributed by atoms with Gasteiger partial charge in [-0.05, 0) is 24.3 Å². The third-order valence-corrected chi connectivity index (χ3v) is 8.12. The lowest BCUT2D eigenvalue weighted by molar-refractivity contribution is 0.110. The number of anilines is 3. The minimum Gasteiger partial charge on any atom is -0.444 e. The Hall–Kier alpha value is -3.80. The van der Waals surface area contributed by atoms with Gasteiger partial charge in [0.05, 0.1) is 18.8 Å². The minimum absolute atomic E-state index is 0.213. The number of ether oxygens (including phenoxy) is 2. The van der Waals surface area contributed by atoms with Gasteiger partial charge in [0, 0.05) is 46.2 Å². The molecule has 1 saturated heterocycles. The zero-order chi connectivity index (χ0) is 26.8. The van der Waals surface area contributed by atoms with Gasteiger partial charge in [-0.25, -0.2) is 19.2 Å². The number of alkyl carbamates (subject to hydrolysis) is 1. The summed E-state index contributed by atoms with van der Waals surface area (Å²) in [5.74, 6) is 0.369. The molecule has 1 aliphatic rings. The molecule has 1 aliphatic heterocycles. The molecule has 0 bridgehead atoms. The average Bonchev–Trinajstić information content (AvgIpc) is 3.70. The third kappa shape index (κ3) is 5.00. The lowest BCUT2D eigenvalue weighted by Crippen LogP contribution is -2.28. The van der Waals surface area contributed by atoms with Crippen molar-refractivity contribution in [1.82, 2.24) is 24.9 Å². The lowest BCUT2D eigenvalue weighted by atomic mass is 10.1. The summed E-state index contributed by atoms with van der Waals surface area (Å²) in [5.41, 5.74) is 1.95. The number of rotatable bonds is 8. The van der Waals surface area contributed by atoms with Gasteiger partial charge >= 0.3 is 6.09 Å². The Morgan fingerprint density at radius 2 is 2.11 bits per heavy atom. The molecule has 1 atom stereocenters. The van der Waals surface area contributed by atoms with Gasteiger partial charge in [0.2, 0.25) is 10.1 Å². The van der Waals surface area contributed by atoms with Crippen LogP contribution in [0.15, 0.2) is 24.3 Å². The van der Waals surface area contributed by atoms with Crippen molar-refractivity contribution in [3.05, 3.63) is 40.7 Å². The van der Waals surface area contributed by atoms with E-state index in [0.29, 0.717) is 58.8 Å². The number of carbonyl (C=O) groups excluding carboxylic acids is 1. The van der Waals surface area contributed by atoms with Crippen LogP contribution in [0, 0.1) is 17.1 Å². The van der Waals surface area contributed by atoms with Crippen LogP contribution in [-0.4, -0.2) is 72.7 Å². The van der Waals surface area contributed by atoms with E-state index in [1.54, 1.807) is 23.8 Å². The van der Waals surface area contributed by atoms with Crippen LogP contribution in [-0.2, 0) is 15.9 Å². The van der Waals surface area contributed by atoms with E-state index < -0.39 is 6.09 Å². The molecule has 14 heteroatoms. The second kappa shape index (κ2) is 10.9. The summed E-state index contributed by atoms with van der Waals surface area (Å²) in [4.78, 5) is 26.3. The van der Waals surface area contributed by atoms with E-state index in [9.17, 15) is 14.4 Å². The predicted octanol–water partition coefficient (Wildman–Crippen LogP) is 3.82. The van der Waals surface area contributed by atoms with Crippen LogP contribution in [0.5, 0.6) is 0 Å². The zero-order valence-electron chi connectivity index (χ0n) is 21.0. The SMILES string of the molecule is CNC(=O)O[C@@H]1CCN(c2nn3c(N(C)c4nc(-c5ccc(F)cc5)c(C#N)s4)c(CCOC)nc3s2)C1. The Labute approximate surface area is 226 Å². The molecule has 5 rings (SSSR count). The number of fused-ring (bicyclic) bond motifs is 1. The van der Waals surface area contributed by atoms with E-state index >= 15 is 0 Å². The molecule has 1 aromatic carbocycles.